The molecule has 1 atom stereocenters. The number of aromatic nitrogens is 3. The summed E-state index contributed by atoms with van der Waals surface area (Å²) in [5, 5.41) is 4.49. The molecule has 0 saturated heterocycles. The van der Waals surface area contributed by atoms with Crippen LogP contribution < -0.4 is 5.73 Å². The van der Waals surface area contributed by atoms with E-state index in [4.69, 9.17) is 5.73 Å². The molecule has 4 nitrogen and oxygen atoms in total. The molecule has 2 aromatic rings. The molecule has 0 radical (unpaired) electrons. The van der Waals surface area contributed by atoms with Crippen molar-refractivity contribution in [1.82, 2.24) is 14.8 Å². The zero-order chi connectivity index (χ0) is 14.9. The molecule has 20 heavy (non-hydrogen) atoms. The van der Waals surface area contributed by atoms with Gasteiger partial charge in [-0.05, 0) is 60.3 Å². The molecule has 0 fully saturated rings. The minimum Gasteiger partial charge on any atom is -0.322 e. The first-order valence-corrected chi connectivity index (χ1v) is 8.58. The van der Waals surface area contributed by atoms with Crippen molar-refractivity contribution in [3.8, 4) is 0 Å². The monoisotopic (exact) mass is 464 g/mol. The molecule has 0 aliphatic rings. The lowest BCUT2D eigenvalue weighted by Gasteiger charge is -2.13. The van der Waals surface area contributed by atoms with Crippen molar-refractivity contribution in [3.63, 3.8) is 0 Å². The summed E-state index contributed by atoms with van der Waals surface area (Å²) in [4.78, 5) is 4.40. The van der Waals surface area contributed by atoms with E-state index in [-0.39, 0.29) is 6.04 Å². The summed E-state index contributed by atoms with van der Waals surface area (Å²) in [6.07, 6.45) is 3.33. The van der Waals surface area contributed by atoms with Crippen LogP contribution in [0.2, 0.25) is 0 Å². The molecule has 2 aromatic heterocycles. The lowest BCUT2D eigenvalue weighted by Crippen LogP contribution is -2.17. The first-order chi connectivity index (χ1) is 9.43. The summed E-state index contributed by atoms with van der Waals surface area (Å²) < 4.78 is 4.77. The molecule has 0 aliphatic carbocycles. The van der Waals surface area contributed by atoms with Crippen molar-refractivity contribution in [2.75, 3.05) is 0 Å². The van der Waals surface area contributed by atoms with Gasteiger partial charge in [-0.3, -0.25) is 9.67 Å². The van der Waals surface area contributed by atoms with Crippen molar-refractivity contribution < 1.29 is 0 Å². The Kier molecular flexibility index (Phi) is 5.39. The van der Waals surface area contributed by atoms with Crippen LogP contribution in [0.5, 0.6) is 0 Å². The fraction of sp³-hybridized carbons (Fsp3) is 0.385. The number of pyridine rings is 1. The van der Waals surface area contributed by atoms with Crippen LogP contribution in [-0.4, -0.2) is 14.8 Å². The molecule has 2 N–H and O–H groups in total. The lowest BCUT2D eigenvalue weighted by molar-refractivity contribution is 0.624. The predicted molar refractivity (Wildman–Crippen MR) is 90.6 cm³/mol. The highest BCUT2D eigenvalue weighted by molar-refractivity contribution is 9.11. The fourth-order valence-corrected chi connectivity index (χ4v) is 4.10. The second-order valence-corrected chi connectivity index (χ2v) is 7.08. The van der Waals surface area contributed by atoms with E-state index in [0.717, 1.165) is 36.9 Å². The number of halogens is 3. The number of nitrogens with two attached hydrogens (primary N) is 1. The molecule has 1 unspecified atom stereocenters. The molecular formula is C13H15Br3N4. The van der Waals surface area contributed by atoms with Crippen molar-refractivity contribution in [1.29, 1.82) is 0 Å². The Hall–Kier alpha value is -0.240. The second-order valence-electron chi connectivity index (χ2n) is 4.52. The van der Waals surface area contributed by atoms with Crippen LogP contribution >= 0.6 is 47.8 Å². The van der Waals surface area contributed by atoms with Crippen molar-refractivity contribution in [2.45, 2.75) is 25.8 Å². The Bertz CT molecular complexity index is 624. The number of nitrogens with zero attached hydrogens (tertiary/aromatic N) is 3. The van der Waals surface area contributed by atoms with Crippen LogP contribution in [0, 0.1) is 0 Å². The largest absolute Gasteiger partial charge is 0.322 e. The Morgan fingerprint density at radius 1 is 1.35 bits per heavy atom. The maximum atomic E-state index is 6.30. The molecule has 0 spiro atoms. The smallest absolute Gasteiger partial charge is 0.0766 e. The van der Waals surface area contributed by atoms with Crippen LogP contribution in [0.25, 0.3) is 0 Å². The molecule has 2 heterocycles. The number of aryl methyl sites for hydroxylation is 2. The minimum atomic E-state index is -0.186. The van der Waals surface area contributed by atoms with Gasteiger partial charge >= 0.3 is 0 Å². The van der Waals surface area contributed by atoms with Crippen LogP contribution in [0.15, 0.2) is 25.7 Å². The van der Waals surface area contributed by atoms with Gasteiger partial charge in [0.15, 0.2) is 0 Å². The van der Waals surface area contributed by atoms with Crippen LogP contribution in [0.3, 0.4) is 0 Å². The Labute approximate surface area is 143 Å². The van der Waals surface area contributed by atoms with E-state index in [9.17, 15) is 0 Å². The molecular weight excluding hydrogens is 452 g/mol. The maximum Gasteiger partial charge on any atom is 0.0766 e. The van der Waals surface area contributed by atoms with Crippen molar-refractivity contribution in [2.24, 2.45) is 12.8 Å². The van der Waals surface area contributed by atoms with Gasteiger partial charge in [-0.25, -0.2) is 0 Å². The van der Waals surface area contributed by atoms with Crippen LogP contribution in [0.4, 0.5) is 0 Å². The van der Waals surface area contributed by atoms with E-state index in [2.05, 4.69) is 64.8 Å². The third-order valence-corrected chi connectivity index (χ3v) is 5.09. The van der Waals surface area contributed by atoms with Gasteiger partial charge in [0, 0.05) is 28.6 Å². The van der Waals surface area contributed by atoms with Gasteiger partial charge in [0.25, 0.3) is 0 Å². The predicted octanol–water partition coefficient (Wildman–Crippen LogP) is 3.91. The highest BCUT2D eigenvalue weighted by Crippen LogP contribution is 2.29. The van der Waals surface area contributed by atoms with Gasteiger partial charge in [0.2, 0.25) is 0 Å². The van der Waals surface area contributed by atoms with Gasteiger partial charge in [-0.1, -0.05) is 6.92 Å². The average molecular weight is 467 g/mol. The Morgan fingerprint density at radius 2 is 2.05 bits per heavy atom. The first kappa shape index (κ1) is 16.1. The third kappa shape index (κ3) is 3.32. The zero-order valence-electron chi connectivity index (χ0n) is 11.2. The first-order valence-electron chi connectivity index (χ1n) is 6.20. The van der Waals surface area contributed by atoms with Gasteiger partial charge in [0.05, 0.1) is 27.6 Å². The second kappa shape index (κ2) is 6.68. The molecule has 0 bridgehead atoms. The van der Waals surface area contributed by atoms with Gasteiger partial charge in [-0.15, -0.1) is 0 Å². The van der Waals surface area contributed by atoms with E-state index in [0.29, 0.717) is 6.42 Å². The van der Waals surface area contributed by atoms with Gasteiger partial charge in [0.1, 0.15) is 0 Å². The number of rotatable bonds is 4. The molecule has 0 amide bonds. The number of hydrogen-bond acceptors (Lipinski definition) is 3. The van der Waals surface area contributed by atoms with Crippen LogP contribution in [-0.2, 0) is 19.9 Å². The normalized spacial score (nSPS) is 12.7. The third-order valence-electron chi connectivity index (χ3n) is 3.10. The van der Waals surface area contributed by atoms with E-state index >= 15 is 0 Å². The average Bonchev–Trinajstić information content (AvgIpc) is 2.66. The topological polar surface area (TPSA) is 56.7 Å². The highest BCUT2D eigenvalue weighted by atomic mass is 79.9. The molecule has 2 rings (SSSR count). The SMILES string of the molecule is CCc1nn(C)c(CC(N)c2ncc(Br)cc2Br)c1Br. The van der Waals surface area contributed by atoms with Crippen molar-refractivity contribution >= 4 is 47.8 Å². The standard InChI is InChI=1S/C13H15Br3N4/c1-3-10-12(16)11(20(2)19-10)5-9(17)13-8(15)4-7(14)6-18-13/h4,6,9H,3,5,17H2,1-2H3. The summed E-state index contributed by atoms with van der Waals surface area (Å²) in [5.74, 6) is 0. The van der Waals surface area contributed by atoms with Crippen molar-refractivity contribution in [3.05, 3.63) is 42.8 Å². The quantitative estimate of drug-likeness (QED) is 0.743. The minimum absolute atomic E-state index is 0.186. The van der Waals surface area contributed by atoms with E-state index in [1.165, 1.54) is 0 Å². The van der Waals surface area contributed by atoms with E-state index in [1.807, 2.05) is 17.8 Å². The maximum absolute atomic E-state index is 6.30. The van der Waals surface area contributed by atoms with Gasteiger partial charge < -0.3 is 5.73 Å². The molecule has 7 heteroatoms. The molecule has 0 saturated carbocycles. The Morgan fingerprint density at radius 3 is 2.60 bits per heavy atom. The van der Waals surface area contributed by atoms with E-state index < -0.39 is 0 Å². The summed E-state index contributed by atoms with van der Waals surface area (Å²) in [6.45, 7) is 2.09. The van der Waals surface area contributed by atoms with Crippen LogP contribution in [0.1, 0.15) is 30.0 Å². The number of hydrogen-bond donors (Lipinski definition) is 1. The van der Waals surface area contributed by atoms with Gasteiger partial charge in [-0.2, -0.15) is 5.10 Å². The molecule has 0 aliphatic heterocycles. The molecule has 108 valence electrons. The highest BCUT2D eigenvalue weighted by Gasteiger charge is 2.19. The molecule has 0 aromatic carbocycles. The summed E-state index contributed by atoms with van der Waals surface area (Å²) in [5.41, 5.74) is 9.29. The summed E-state index contributed by atoms with van der Waals surface area (Å²) in [6, 6.07) is 1.77. The summed E-state index contributed by atoms with van der Waals surface area (Å²) in [7, 11) is 1.94. The fourth-order valence-electron chi connectivity index (χ4n) is 2.04. The Balaban J connectivity index is 2.27. The lowest BCUT2D eigenvalue weighted by atomic mass is 10.1. The zero-order valence-corrected chi connectivity index (χ0v) is 16.0. The summed E-state index contributed by atoms with van der Waals surface area (Å²) >= 11 is 10.5. The van der Waals surface area contributed by atoms with E-state index in [1.54, 1.807) is 6.20 Å².